The summed E-state index contributed by atoms with van der Waals surface area (Å²) in [7, 11) is 0. The van der Waals surface area contributed by atoms with Crippen LogP contribution in [0.4, 0.5) is 17.6 Å². The first-order valence-corrected chi connectivity index (χ1v) is 7.68. The Labute approximate surface area is 141 Å². The Balaban J connectivity index is 2.43. The van der Waals surface area contributed by atoms with E-state index < -0.39 is 29.2 Å². The normalized spacial score (nSPS) is 11.3. The predicted octanol–water partition coefficient (Wildman–Crippen LogP) is 4.96. The summed E-state index contributed by atoms with van der Waals surface area (Å²) in [6.07, 6.45) is -0.184. The number of rotatable bonds is 3. The van der Waals surface area contributed by atoms with Crippen LogP contribution in [0.3, 0.4) is 0 Å². The number of hydrogen-bond donors (Lipinski definition) is 0. The SMILES string of the molecule is CCOC(=O)Cc1c(C)c2cc(F)c(F)cc2c2cc(F)c(F)cc12. The maximum atomic E-state index is 13.8. The van der Waals surface area contributed by atoms with E-state index in [9.17, 15) is 22.4 Å². The lowest BCUT2D eigenvalue weighted by Gasteiger charge is -2.15. The number of hydrogen-bond acceptors (Lipinski definition) is 2. The monoisotopic (exact) mass is 350 g/mol. The minimum absolute atomic E-state index is 0.173. The molecule has 0 radical (unpaired) electrons. The van der Waals surface area contributed by atoms with Gasteiger partial charge in [-0.05, 0) is 70.8 Å². The number of aryl methyl sites for hydroxylation is 1. The van der Waals surface area contributed by atoms with Crippen molar-refractivity contribution in [3.63, 3.8) is 0 Å². The number of esters is 1. The van der Waals surface area contributed by atoms with E-state index >= 15 is 0 Å². The molecule has 6 heteroatoms. The average Bonchev–Trinajstić information content (AvgIpc) is 2.55. The summed E-state index contributed by atoms with van der Waals surface area (Å²) in [6.45, 7) is 3.44. The number of carbonyl (C=O) groups excluding carboxylic acids is 1. The average molecular weight is 350 g/mol. The number of fused-ring (bicyclic) bond motifs is 3. The Morgan fingerprint density at radius 1 is 0.840 bits per heavy atom. The smallest absolute Gasteiger partial charge is 0.310 e. The van der Waals surface area contributed by atoms with Crippen LogP contribution in [0.1, 0.15) is 18.1 Å². The van der Waals surface area contributed by atoms with Crippen LogP contribution < -0.4 is 0 Å². The van der Waals surface area contributed by atoms with E-state index in [1.54, 1.807) is 13.8 Å². The van der Waals surface area contributed by atoms with Crippen LogP contribution in [0.5, 0.6) is 0 Å². The molecule has 0 saturated carbocycles. The molecular weight excluding hydrogens is 336 g/mol. The molecule has 0 aromatic heterocycles. The number of benzene rings is 3. The molecule has 0 saturated heterocycles. The van der Waals surface area contributed by atoms with Crippen molar-refractivity contribution in [1.29, 1.82) is 0 Å². The third kappa shape index (κ3) is 2.92. The summed E-state index contributed by atoms with van der Waals surface area (Å²) in [5.41, 5.74) is 0.881. The van der Waals surface area contributed by atoms with Crippen molar-refractivity contribution in [2.45, 2.75) is 20.3 Å². The molecule has 0 amide bonds. The van der Waals surface area contributed by atoms with Gasteiger partial charge in [-0.25, -0.2) is 17.6 Å². The maximum absolute atomic E-state index is 13.8. The lowest BCUT2D eigenvalue weighted by Crippen LogP contribution is -2.09. The third-order valence-electron chi connectivity index (χ3n) is 4.22. The van der Waals surface area contributed by atoms with Gasteiger partial charge >= 0.3 is 5.97 Å². The van der Waals surface area contributed by atoms with Crippen LogP contribution >= 0.6 is 0 Å². The Hall–Kier alpha value is -2.63. The summed E-state index contributed by atoms with van der Waals surface area (Å²) in [5, 5.41) is 1.05. The molecule has 0 heterocycles. The number of halogens is 4. The summed E-state index contributed by atoms with van der Waals surface area (Å²) < 4.78 is 59.8. The lowest BCUT2D eigenvalue weighted by atomic mass is 9.90. The third-order valence-corrected chi connectivity index (χ3v) is 4.22. The number of ether oxygens (including phenoxy) is 1. The first-order chi connectivity index (χ1) is 11.8. The van der Waals surface area contributed by atoms with Gasteiger partial charge in [0.15, 0.2) is 23.3 Å². The minimum Gasteiger partial charge on any atom is -0.466 e. The molecular formula is C19H14F4O2. The van der Waals surface area contributed by atoms with Gasteiger partial charge in [0, 0.05) is 0 Å². The first-order valence-electron chi connectivity index (χ1n) is 7.68. The van der Waals surface area contributed by atoms with E-state index in [0.29, 0.717) is 16.5 Å². The Morgan fingerprint density at radius 2 is 1.28 bits per heavy atom. The van der Waals surface area contributed by atoms with Gasteiger partial charge in [-0.2, -0.15) is 0 Å². The second-order valence-electron chi connectivity index (χ2n) is 5.71. The van der Waals surface area contributed by atoms with Crippen LogP contribution in [0.15, 0.2) is 24.3 Å². The molecule has 3 aromatic carbocycles. The van der Waals surface area contributed by atoms with E-state index in [1.165, 1.54) is 0 Å². The topological polar surface area (TPSA) is 26.3 Å². The van der Waals surface area contributed by atoms with Crippen molar-refractivity contribution < 1.29 is 27.1 Å². The zero-order chi connectivity index (χ0) is 18.3. The molecule has 0 bridgehead atoms. The van der Waals surface area contributed by atoms with Crippen LogP contribution in [0, 0.1) is 30.2 Å². The van der Waals surface area contributed by atoms with Crippen molar-refractivity contribution in [3.05, 3.63) is 58.7 Å². The maximum Gasteiger partial charge on any atom is 0.310 e. The van der Waals surface area contributed by atoms with Crippen molar-refractivity contribution >= 4 is 27.5 Å². The highest BCUT2D eigenvalue weighted by Crippen LogP contribution is 2.35. The predicted molar refractivity (Wildman–Crippen MR) is 86.4 cm³/mol. The molecule has 0 aliphatic rings. The Bertz CT molecular complexity index is 1010. The van der Waals surface area contributed by atoms with E-state index in [-0.39, 0.29) is 29.2 Å². The molecule has 0 aliphatic heterocycles. The minimum atomic E-state index is -1.11. The van der Waals surface area contributed by atoms with Gasteiger partial charge in [0.25, 0.3) is 0 Å². The molecule has 130 valence electrons. The van der Waals surface area contributed by atoms with Crippen LogP contribution in [-0.4, -0.2) is 12.6 Å². The van der Waals surface area contributed by atoms with E-state index in [2.05, 4.69) is 0 Å². The van der Waals surface area contributed by atoms with Crippen molar-refractivity contribution in [1.82, 2.24) is 0 Å². The molecule has 0 unspecified atom stereocenters. The molecule has 0 aliphatic carbocycles. The fourth-order valence-electron chi connectivity index (χ4n) is 3.05. The quantitative estimate of drug-likeness (QED) is 0.379. The first kappa shape index (κ1) is 17.2. The van der Waals surface area contributed by atoms with Gasteiger partial charge in [-0.15, -0.1) is 0 Å². The van der Waals surface area contributed by atoms with E-state index in [1.807, 2.05) is 0 Å². The molecule has 3 aromatic rings. The van der Waals surface area contributed by atoms with Crippen molar-refractivity contribution in [3.8, 4) is 0 Å². The van der Waals surface area contributed by atoms with Gasteiger partial charge in [0.1, 0.15) is 0 Å². The van der Waals surface area contributed by atoms with Crippen LogP contribution in [-0.2, 0) is 16.0 Å². The van der Waals surface area contributed by atoms with E-state index in [0.717, 1.165) is 24.3 Å². The highest BCUT2D eigenvalue weighted by atomic mass is 19.2. The Morgan fingerprint density at radius 3 is 1.80 bits per heavy atom. The molecule has 3 rings (SSSR count). The fourth-order valence-corrected chi connectivity index (χ4v) is 3.05. The second-order valence-corrected chi connectivity index (χ2v) is 5.71. The molecule has 25 heavy (non-hydrogen) atoms. The van der Waals surface area contributed by atoms with Crippen LogP contribution in [0.2, 0.25) is 0 Å². The lowest BCUT2D eigenvalue weighted by molar-refractivity contribution is -0.142. The summed E-state index contributed by atoms with van der Waals surface area (Å²) >= 11 is 0. The zero-order valence-corrected chi connectivity index (χ0v) is 13.6. The Kier molecular flexibility index (Phi) is 4.37. The fraction of sp³-hybridized carbons (Fsp3) is 0.211. The van der Waals surface area contributed by atoms with Crippen molar-refractivity contribution in [2.75, 3.05) is 6.61 Å². The zero-order valence-electron chi connectivity index (χ0n) is 13.6. The van der Waals surface area contributed by atoms with Gasteiger partial charge in [0.2, 0.25) is 0 Å². The standard InChI is InChI=1S/C19H14F4O2/c1-3-25-19(24)8-11-9(2)10-4-15(20)16(21)5-12(10)14-7-18(23)17(22)6-13(11)14/h4-7H,3,8H2,1-2H3. The summed E-state index contributed by atoms with van der Waals surface area (Å²) in [5.74, 6) is -4.88. The highest BCUT2D eigenvalue weighted by Gasteiger charge is 2.19. The second kappa shape index (κ2) is 6.35. The molecule has 0 atom stereocenters. The van der Waals surface area contributed by atoms with Crippen molar-refractivity contribution in [2.24, 2.45) is 0 Å². The van der Waals surface area contributed by atoms with Gasteiger partial charge < -0.3 is 4.74 Å². The highest BCUT2D eigenvalue weighted by molar-refractivity contribution is 6.11. The van der Waals surface area contributed by atoms with Crippen LogP contribution in [0.25, 0.3) is 21.5 Å². The van der Waals surface area contributed by atoms with Gasteiger partial charge in [-0.3, -0.25) is 4.79 Å². The molecule has 0 spiro atoms. The largest absolute Gasteiger partial charge is 0.466 e. The molecule has 0 N–H and O–H groups in total. The van der Waals surface area contributed by atoms with E-state index in [4.69, 9.17) is 4.74 Å². The number of carbonyl (C=O) groups is 1. The van der Waals surface area contributed by atoms with Gasteiger partial charge in [-0.1, -0.05) is 0 Å². The molecule has 2 nitrogen and oxygen atoms in total. The van der Waals surface area contributed by atoms with Gasteiger partial charge in [0.05, 0.1) is 13.0 Å². The summed E-state index contributed by atoms with van der Waals surface area (Å²) in [6, 6.07) is 3.84. The molecule has 0 fully saturated rings. The summed E-state index contributed by atoms with van der Waals surface area (Å²) in [4.78, 5) is 11.9.